The van der Waals surface area contributed by atoms with Crippen LogP contribution in [0.4, 0.5) is 0 Å². The highest BCUT2D eigenvalue weighted by Crippen LogP contribution is 2.43. The summed E-state index contributed by atoms with van der Waals surface area (Å²) >= 11 is 0. The van der Waals surface area contributed by atoms with Crippen LogP contribution < -0.4 is 5.73 Å². The van der Waals surface area contributed by atoms with Gasteiger partial charge < -0.3 is 25.2 Å². The van der Waals surface area contributed by atoms with Crippen molar-refractivity contribution in [1.29, 1.82) is 0 Å². The molecule has 0 heterocycles. The third kappa shape index (κ3) is 44.0. The molecule has 3 atom stereocenters. The lowest BCUT2D eigenvalue weighted by atomic mass is 10.1. The first-order chi connectivity index (χ1) is 29.2. The number of carbonyl (C=O) groups excluding carboxylic acids is 1. The third-order valence-electron chi connectivity index (χ3n) is 10.3. The lowest BCUT2D eigenvalue weighted by Crippen LogP contribution is -2.34. The zero-order valence-electron chi connectivity index (χ0n) is 38.3. The number of carboxylic acids is 1. The quantitative estimate of drug-likeness (QED) is 0.0233. The maximum atomic E-state index is 12.7. The Balaban J connectivity index is 4.19. The van der Waals surface area contributed by atoms with Gasteiger partial charge in [0.25, 0.3) is 0 Å². The van der Waals surface area contributed by atoms with Gasteiger partial charge in [0.2, 0.25) is 0 Å². The van der Waals surface area contributed by atoms with E-state index in [9.17, 15) is 19.0 Å². The summed E-state index contributed by atoms with van der Waals surface area (Å²) in [6.45, 7) is 3.84. The summed E-state index contributed by atoms with van der Waals surface area (Å²) in [5.74, 6) is -1.79. The Bertz CT molecular complexity index is 1140. The van der Waals surface area contributed by atoms with Gasteiger partial charge >= 0.3 is 19.8 Å². The molecule has 0 rings (SSSR count). The molecule has 0 aromatic rings. The van der Waals surface area contributed by atoms with Gasteiger partial charge in [0, 0.05) is 13.0 Å². The van der Waals surface area contributed by atoms with Crippen molar-refractivity contribution in [3.05, 3.63) is 48.6 Å². The van der Waals surface area contributed by atoms with E-state index in [1.165, 1.54) is 128 Å². The van der Waals surface area contributed by atoms with Gasteiger partial charge in [-0.15, -0.1) is 0 Å². The second-order valence-corrected chi connectivity index (χ2v) is 17.7. The average molecular weight is 868 g/mol. The smallest absolute Gasteiger partial charge is 0.472 e. The molecule has 11 heteroatoms. The van der Waals surface area contributed by atoms with Crippen LogP contribution in [0.25, 0.3) is 0 Å². The van der Waals surface area contributed by atoms with Gasteiger partial charge in [-0.1, -0.05) is 178 Å². The van der Waals surface area contributed by atoms with Crippen molar-refractivity contribution in [3.8, 4) is 0 Å². The number of hydrogen-bond acceptors (Lipinski definition) is 8. The van der Waals surface area contributed by atoms with E-state index in [1.807, 2.05) is 0 Å². The van der Waals surface area contributed by atoms with Crippen LogP contribution in [0.5, 0.6) is 0 Å². The van der Waals surface area contributed by atoms with Crippen molar-refractivity contribution in [3.63, 3.8) is 0 Å². The maximum Gasteiger partial charge on any atom is 0.472 e. The standard InChI is InChI=1S/C49H90NO9P/c1-3-5-7-9-11-13-15-17-19-21-23-24-26-28-30-32-34-36-38-40-42-56-43-46(44-57-60(54,55)58-45-47(50)49(52)53)59-48(51)41-39-37-35-33-31-29-27-25-22-20-18-16-14-12-10-8-6-4-2/h11,13-14,16-17,19-20,22,46-47H,3-10,12,15,18,21,23-45,50H2,1-2H3,(H,52,53)(H,54,55)/b13-11-,16-14-,19-17-,22-20-. The minimum Gasteiger partial charge on any atom is -0.480 e. The fraction of sp³-hybridized carbons (Fsp3) is 0.796. The molecule has 3 unspecified atom stereocenters. The number of carboxylic acid groups (broad SMARTS) is 1. The number of unbranched alkanes of at least 4 members (excludes halogenated alkanes) is 24. The van der Waals surface area contributed by atoms with Crippen molar-refractivity contribution < 1.29 is 42.7 Å². The minimum absolute atomic E-state index is 0.0113. The Morgan fingerprint density at radius 3 is 1.38 bits per heavy atom. The Hall–Kier alpha value is -2.07. The van der Waals surface area contributed by atoms with E-state index in [1.54, 1.807) is 0 Å². The van der Waals surface area contributed by atoms with Gasteiger partial charge in [-0.25, -0.2) is 4.57 Å². The molecule has 10 nitrogen and oxygen atoms in total. The predicted octanol–water partition coefficient (Wildman–Crippen LogP) is 13.8. The van der Waals surface area contributed by atoms with Crippen LogP contribution in [-0.2, 0) is 32.7 Å². The van der Waals surface area contributed by atoms with Crippen LogP contribution in [-0.4, -0.2) is 60.5 Å². The number of carbonyl (C=O) groups is 2. The minimum atomic E-state index is -4.62. The molecular formula is C49H90NO9P. The molecule has 0 amide bonds. The molecule has 0 aliphatic heterocycles. The number of aliphatic carboxylic acids is 1. The predicted molar refractivity (Wildman–Crippen MR) is 249 cm³/mol. The molecule has 0 saturated heterocycles. The summed E-state index contributed by atoms with van der Waals surface area (Å²) < 4.78 is 33.5. The van der Waals surface area contributed by atoms with E-state index in [-0.39, 0.29) is 13.0 Å². The Morgan fingerprint density at radius 1 is 0.533 bits per heavy atom. The molecule has 0 aromatic heterocycles. The molecule has 0 saturated carbocycles. The number of ether oxygens (including phenoxy) is 2. The largest absolute Gasteiger partial charge is 0.480 e. The van der Waals surface area contributed by atoms with E-state index < -0.39 is 45.1 Å². The van der Waals surface area contributed by atoms with Gasteiger partial charge in [-0.05, 0) is 77.0 Å². The fourth-order valence-corrected chi connectivity index (χ4v) is 7.32. The van der Waals surface area contributed by atoms with E-state index in [0.717, 1.165) is 57.8 Å². The van der Waals surface area contributed by atoms with E-state index in [0.29, 0.717) is 13.0 Å². The normalized spacial score (nSPS) is 14.2. The number of esters is 1. The monoisotopic (exact) mass is 868 g/mol. The molecule has 350 valence electrons. The summed E-state index contributed by atoms with van der Waals surface area (Å²) in [6, 6.07) is -1.48. The number of phosphoric acid groups is 1. The molecule has 0 aliphatic rings. The topological polar surface area (TPSA) is 155 Å². The van der Waals surface area contributed by atoms with Crippen molar-refractivity contribution in [2.24, 2.45) is 5.73 Å². The summed E-state index contributed by atoms with van der Waals surface area (Å²) in [4.78, 5) is 33.6. The van der Waals surface area contributed by atoms with E-state index >= 15 is 0 Å². The molecule has 0 aliphatic carbocycles. The summed E-state index contributed by atoms with van der Waals surface area (Å²) in [7, 11) is -4.62. The zero-order chi connectivity index (χ0) is 44.0. The molecule has 0 aromatic carbocycles. The second kappa shape index (κ2) is 45.0. The van der Waals surface area contributed by atoms with Gasteiger partial charge in [0.1, 0.15) is 12.1 Å². The Kier molecular flexibility index (Phi) is 43.4. The third-order valence-corrected chi connectivity index (χ3v) is 11.3. The number of hydrogen-bond donors (Lipinski definition) is 3. The first-order valence-corrected chi connectivity index (χ1v) is 25.7. The highest BCUT2D eigenvalue weighted by molar-refractivity contribution is 7.47. The number of phosphoric ester groups is 1. The lowest BCUT2D eigenvalue weighted by Gasteiger charge is -2.20. The van der Waals surface area contributed by atoms with Crippen LogP contribution in [0, 0.1) is 0 Å². The van der Waals surface area contributed by atoms with Gasteiger partial charge in [0.05, 0.1) is 19.8 Å². The van der Waals surface area contributed by atoms with Crippen LogP contribution >= 0.6 is 7.82 Å². The Labute approximate surface area is 367 Å². The number of rotatable bonds is 46. The molecule has 0 radical (unpaired) electrons. The van der Waals surface area contributed by atoms with Gasteiger partial charge in [-0.3, -0.25) is 18.6 Å². The van der Waals surface area contributed by atoms with Crippen LogP contribution in [0.2, 0.25) is 0 Å². The van der Waals surface area contributed by atoms with Crippen molar-refractivity contribution >= 4 is 19.8 Å². The number of allylic oxidation sites excluding steroid dienone is 8. The molecule has 60 heavy (non-hydrogen) atoms. The highest BCUT2D eigenvalue weighted by atomic mass is 31.2. The fourth-order valence-electron chi connectivity index (χ4n) is 6.55. The summed E-state index contributed by atoms with van der Waals surface area (Å²) in [5.41, 5.74) is 5.37. The van der Waals surface area contributed by atoms with Crippen LogP contribution in [0.3, 0.4) is 0 Å². The van der Waals surface area contributed by atoms with Gasteiger partial charge in [-0.2, -0.15) is 0 Å². The molecule has 4 N–H and O–H groups in total. The first-order valence-electron chi connectivity index (χ1n) is 24.2. The molecule has 0 spiro atoms. The molecule has 0 fully saturated rings. The Morgan fingerprint density at radius 2 is 0.917 bits per heavy atom. The van der Waals surface area contributed by atoms with E-state index in [2.05, 4.69) is 62.5 Å². The zero-order valence-corrected chi connectivity index (χ0v) is 39.2. The van der Waals surface area contributed by atoms with Crippen LogP contribution in [0.1, 0.15) is 213 Å². The maximum absolute atomic E-state index is 12.7. The van der Waals surface area contributed by atoms with Crippen LogP contribution in [0.15, 0.2) is 48.6 Å². The first kappa shape index (κ1) is 57.9. The summed E-state index contributed by atoms with van der Waals surface area (Å²) in [6.07, 6.45) is 53.0. The molecular weight excluding hydrogens is 778 g/mol. The highest BCUT2D eigenvalue weighted by Gasteiger charge is 2.27. The van der Waals surface area contributed by atoms with Crippen molar-refractivity contribution in [1.82, 2.24) is 0 Å². The SMILES string of the molecule is CCCCC/C=C\C/C=C\CCCCCCCCCCCCOCC(COP(=O)(O)OCC(N)C(=O)O)OC(=O)CCCCCCCCC/C=C\C/C=C\CCCCCC. The molecule has 0 bridgehead atoms. The second-order valence-electron chi connectivity index (χ2n) is 16.2. The average Bonchev–Trinajstić information content (AvgIpc) is 3.23. The lowest BCUT2D eigenvalue weighted by molar-refractivity contribution is -0.154. The van der Waals surface area contributed by atoms with Crippen molar-refractivity contribution in [2.75, 3.05) is 26.4 Å². The van der Waals surface area contributed by atoms with E-state index in [4.69, 9.17) is 29.4 Å². The van der Waals surface area contributed by atoms with Gasteiger partial charge in [0.15, 0.2) is 0 Å². The number of nitrogens with two attached hydrogens (primary N) is 1. The van der Waals surface area contributed by atoms with Crippen molar-refractivity contribution in [2.45, 2.75) is 225 Å². The summed E-state index contributed by atoms with van der Waals surface area (Å²) in [5, 5.41) is 8.92.